The molecule has 0 unspecified atom stereocenters. The van der Waals surface area contributed by atoms with Gasteiger partial charge < -0.3 is 10.6 Å². The van der Waals surface area contributed by atoms with E-state index >= 15 is 0 Å². The highest BCUT2D eigenvalue weighted by atomic mass is 35.5. The third-order valence-corrected chi connectivity index (χ3v) is 4.18. The van der Waals surface area contributed by atoms with Crippen LogP contribution >= 0.6 is 12.4 Å². The van der Waals surface area contributed by atoms with Gasteiger partial charge in [0.05, 0.1) is 4.92 Å². The first-order valence-electron chi connectivity index (χ1n) is 7.28. The van der Waals surface area contributed by atoms with Crippen LogP contribution in [-0.4, -0.2) is 45.1 Å². The Bertz CT molecular complexity index is 749. The Balaban J connectivity index is 0.00000208. The number of aromatic nitrogens is 2. The highest BCUT2D eigenvalue weighted by Crippen LogP contribution is 2.29. The number of hydrogen-bond donors (Lipinski definition) is 2. The molecule has 3 rings (SSSR count). The molecule has 0 saturated carbocycles. The summed E-state index contributed by atoms with van der Waals surface area (Å²) >= 11 is 0. The molecule has 1 aliphatic heterocycles. The van der Waals surface area contributed by atoms with Crippen LogP contribution in [0.1, 0.15) is 27.7 Å². The molecule has 1 aromatic carbocycles. The largest absolute Gasteiger partial charge is 0.335 e. The maximum absolute atomic E-state index is 12.6. The van der Waals surface area contributed by atoms with Crippen LogP contribution in [0.2, 0.25) is 0 Å². The zero-order chi connectivity index (χ0) is 16.6. The third kappa shape index (κ3) is 3.10. The number of benzene rings is 1. The van der Waals surface area contributed by atoms with Crippen LogP contribution in [0.5, 0.6) is 0 Å². The van der Waals surface area contributed by atoms with E-state index in [0.29, 0.717) is 13.1 Å². The van der Waals surface area contributed by atoms with E-state index in [-0.39, 0.29) is 41.4 Å². The number of carbonyl (C=O) groups is 1. The normalized spacial score (nSPS) is 19.8. The summed E-state index contributed by atoms with van der Waals surface area (Å²) in [5.74, 6) is -0.450. The average Bonchev–Trinajstić information content (AvgIpc) is 3.10. The first-order chi connectivity index (χ1) is 11.0. The summed E-state index contributed by atoms with van der Waals surface area (Å²) in [6.07, 6.45) is 0. The summed E-state index contributed by atoms with van der Waals surface area (Å²) in [5, 5.41) is 17.4. The molecule has 2 heterocycles. The van der Waals surface area contributed by atoms with Crippen LogP contribution in [0.3, 0.4) is 0 Å². The van der Waals surface area contributed by atoms with E-state index in [1.165, 1.54) is 11.8 Å². The third-order valence-electron chi connectivity index (χ3n) is 4.18. The SMILES string of the molecule is Cc1[nH]nc(C(=O)N2C[C@@H](N)[C@H](c3ccccc3)C2)c1[N+](=O)[O-].Cl. The van der Waals surface area contributed by atoms with Crippen molar-refractivity contribution in [2.45, 2.75) is 18.9 Å². The van der Waals surface area contributed by atoms with Crippen molar-refractivity contribution < 1.29 is 9.72 Å². The number of nitrogens with two attached hydrogens (primary N) is 1. The molecule has 3 N–H and O–H groups in total. The van der Waals surface area contributed by atoms with Gasteiger partial charge in [-0.15, -0.1) is 12.4 Å². The lowest BCUT2D eigenvalue weighted by molar-refractivity contribution is -0.385. The number of carbonyl (C=O) groups excluding carboxylic acids is 1. The minimum atomic E-state index is -0.587. The highest BCUT2D eigenvalue weighted by molar-refractivity contribution is 5.96. The van der Waals surface area contributed by atoms with Crippen molar-refractivity contribution >= 4 is 24.0 Å². The molecular formula is C15H18ClN5O3. The monoisotopic (exact) mass is 351 g/mol. The first kappa shape index (κ1) is 17.9. The number of nitrogens with zero attached hydrogens (tertiary/aromatic N) is 3. The first-order valence-corrected chi connectivity index (χ1v) is 7.28. The van der Waals surface area contributed by atoms with E-state index in [1.807, 2.05) is 30.3 Å². The van der Waals surface area contributed by atoms with E-state index in [4.69, 9.17) is 5.73 Å². The molecule has 24 heavy (non-hydrogen) atoms. The second kappa shape index (κ2) is 6.98. The van der Waals surface area contributed by atoms with Gasteiger partial charge in [0.1, 0.15) is 5.69 Å². The van der Waals surface area contributed by atoms with Crippen LogP contribution in [0.25, 0.3) is 0 Å². The Hall–Kier alpha value is -2.45. The van der Waals surface area contributed by atoms with Gasteiger partial charge in [-0.25, -0.2) is 0 Å². The number of nitro groups is 1. The molecule has 1 aliphatic rings. The van der Waals surface area contributed by atoms with Gasteiger partial charge in [0, 0.05) is 25.0 Å². The molecule has 1 amide bonds. The smallest absolute Gasteiger partial charge is 0.322 e. The van der Waals surface area contributed by atoms with Crippen molar-refractivity contribution in [3.63, 3.8) is 0 Å². The van der Waals surface area contributed by atoms with Gasteiger partial charge in [-0.3, -0.25) is 20.0 Å². The fourth-order valence-corrected chi connectivity index (χ4v) is 2.99. The summed E-state index contributed by atoms with van der Waals surface area (Å²) in [5.41, 5.74) is 7.06. The Labute approximate surface area is 144 Å². The number of aryl methyl sites for hydroxylation is 1. The summed E-state index contributed by atoms with van der Waals surface area (Å²) in [7, 11) is 0. The van der Waals surface area contributed by atoms with Crippen LogP contribution in [0, 0.1) is 17.0 Å². The quantitative estimate of drug-likeness (QED) is 0.643. The fraction of sp³-hybridized carbons (Fsp3) is 0.333. The molecule has 9 heteroatoms. The summed E-state index contributed by atoms with van der Waals surface area (Å²) in [6, 6.07) is 9.51. The Kier molecular flexibility index (Phi) is 5.20. The van der Waals surface area contributed by atoms with Gasteiger partial charge in [0.15, 0.2) is 0 Å². The van der Waals surface area contributed by atoms with Crippen molar-refractivity contribution in [1.82, 2.24) is 15.1 Å². The molecule has 0 radical (unpaired) electrons. The number of amides is 1. The zero-order valence-corrected chi connectivity index (χ0v) is 13.8. The van der Waals surface area contributed by atoms with Gasteiger partial charge in [-0.2, -0.15) is 5.10 Å². The van der Waals surface area contributed by atoms with Crippen molar-refractivity contribution in [1.29, 1.82) is 0 Å². The standard InChI is InChI=1S/C15H17N5O3.ClH/c1-9-14(20(22)23)13(18-17-9)15(21)19-7-11(12(16)8-19)10-5-3-2-4-6-10;/h2-6,11-12H,7-8,16H2,1H3,(H,17,18);1H/t11-,12+;/m0./s1. The van der Waals surface area contributed by atoms with Gasteiger partial charge in [-0.1, -0.05) is 30.3 Å². The second-order valence-electron chi connectivity index (χ2n) is 5.69. The number of aromatic amines is 1. The Morgan fingerprint density at radius 3 is 2.67 bits per heavy atom. The maximum Gasteiger partial charge on any atom is 0.322 e. The van der Waals surface area contributed by atoms with Crippen molar-refractivity contribution in [3.05, 3.63) is 57.4 Å². The second-order valence-corrected chi connectivity index (χ2v) is 5.69. The van der Waals surface area contributed by atoms with Crippen LogP contribution in [0.4, 0.5) is 5.69 Å². The Morgan fingerprint density at radius 1 is 1.38 bits per heavy atom. The van der Waals surface area contributed by atoms with E-state index in [9.17, 15) is 14.9 Å². The van der Waals surface area contributed by atoms with E-state index in [1.54, 1.807) is 0 Å². The van der Waals surface area contributed by atoms with Crippen LogP contribution < -0.4 is 5.73 Å². The lowest BCUT2D eigenvalue weighted by Gasteiger charge is -2.15. The van der Waals surface area contributed by atoms with Gasteiger partial charge in [0.25, 0.3) is 5.91 Å². The van der Waals surface area contributed by atoms with Crippen LogP contribution in [0.15, 0.2) is 30.3 Å². The molecular weight excluding hydrogens is 334 g/mol. The zero-order valence-electron chi connectivity index (χ0n) is 13.0. The van der Waals surface area contributed by atoms with Gasteiger partial charge in [-0.05, 0) is 12.5 Å². The summed E-state index contributed by atoms with van der Waals surface area (Å²) in [6.45, 7) is 2.29. The number of rotatable bonds is 3. The van der Waals surface area contributed by atoms with E-state index in [0.717, 1.165) is 5.56 Å². The van der Waals surface area contributed by atoms with Gasteiger partial charge >= 0.3 is 5.69 Å². The summed E-state index contributed by atoms with van der Waals surface area (Å²) in [4.78, 5) is 24.7. The van der Waals surface area contributed by atoms with E-state index in [2.05, 4.69) is 10.2 Å². The summed E-state index contributed by atoms with van der Waals surface area (Å²) < 4.78 is 0. The highest BCUT2D eigenvalue weighted by Gasteiger charge is 2.38. The molecule has 1 fully saturated rings. The number of H-pyrrole nitrogens is 1. The predicted molar refractivity (Wildman–Crippen MR) is 90.3 cm³/mol. The molecule has 0 aliphatic carbocycles. The van der Waals surface area contributed by atoms with Crippen molar-refractivity contribution in [2.24, 2.45) is 5.73 Å². The molecule has 2 atom stereocenters. The minimum Gasteiger partial charge on any atom is -0.335 e. The molecule has 2 aromatic rings. The average molecular weight is 352 g/mol. The lowest BCUT2D eigenvalue weighted by atomic mass is 9.95. The minimum absolute atomic E-state index is 0. The molecule has 0 bridgehead atoms. The molecule has 1 saturated heterocycles. The molecule has 128 valence electrons. The maximum atomic E-state index is 12.6. The van der Waals surface area contributed by atoms with E-state index < -0.39 is 10.8 Å². The molecule has 1 aromatic heterocycles. The molecule has 0 spiro atoms. The van der Waals surface area contributed by atoms with Crippen molar-refractivity contribution in [2.75, 3.05) is 13.1 Å². The molecule has 8 nitrogen and oxygen atoms in total. The number of nitrogens with one attached hydrogen (secondary N) is 1. The Morgan fingerprint density at radius 2 is 2.04 bits per heavy atom. The number of halogens is 1. The predicted octanol–water partition coefficient (Wildman–Crippen LogP) is 1.62. The lowest BCUT2D eigenvalue weighted by Crippen LogP contribution is -2.32. The number of hydrogen-bond acceptors (Lipinski definition) is 5. The van der Waals surface area contributed by atoms with Crippen molar-refractivity contribution in [3.8, 4) is 0 Å². The van der Waals surface area contributed by atoms with Gasteiger partial charge in [0.2, 0.25) is 5.69 Å². The number of likely N-dealkylation sites (tertiary alicyclic amines) is 1. The topological polar surface area (TPSA) is 118 Å². The van der Waals surface area contributed by atoms with Crippen LogP contribution in [-0.2, 0) is 0 Å². The fourth-order valence-electron chi connectivity index (χ4n) is 2.99.